The van der Waals surface area contributed by atoms with Gasteiger partial charge in [-0.15, -0.1) is 0 Å². The van der Waals surface area contributed by atoms with E-state index in [0.29, 0.717) is 6.61 Å². The van der Waals surface area contributed by atoms with E-state index < -0.39 is 17.5 Å². The molecule has 0 saturated carbocycles. The van der Waals surface area contributed by atoms with Gasteiger partial charge in [0.2, 0.25) is 11.9 Å². The molecule has 25 heavy (non-hydrogen) atoms. The van der Waals surface area contributed by atoms with Gasteiger partial charge < -0.3 is 10.1 Å². The predicted molar refractivity (Wildman–Crippen MR) is 82.1 cm³/mol. The van der Waals surface area contributed by atoms with Crippen molar-refractivity contribution in [2.75, 3.05) is 11.9 Å². The fourth-order valence-electron chi connectivity index (χ4n) is 2.19. The van der Waals surface area contributed by atoms with Crippen LogP contribution in [-0.2, 0) is 4.74 Å². The van der Waals surface area contributed by atoms with E-state index in [4.69, 9.17) is 4.74 Å². The largest absolute Gasteiger partial charge is 0.440 e. The van der Waals surface area contributed by atoms with Crippen LogP contribution in [0.4, 0.5) is 20.5 Å². The summed E-state index contributed by atoms with van der Waals surface area (Å²) in [5.41, 5.74) is -0.107. The lowest BCUT2D eigenvalue weighted by Crippen LogP contribution is -2.09. The van der Waals surface area contributed by atoms with Crippen LogP contribution in [-0.4, -0.2) is 31.5 Å². The predicted octanol–water partition coefficient (Wildman–Crippen LogP) is 2.20. The van der Waals surface area contributed by atoms with E-state index in [2.05, 4.69) is 30.1 Å². The maximum atomic E-state index is 14.4. The first-order valence-electron chi connectivity index (χ1n) is 7.33. The average Bonchev–Trinajstić information content (AvgIpc) is 3.16. The van der Waals surface area contributed by atoms with E-state index in [1.807, 2.05) is 6.92 Å². The quantitative estimate of drug-likeness (QED) is 0.654. The molecule has 0 radical (unpaired) electrons. The third-order valence-electron chi connectivity index (χ3n) is 3.28. The van der Waals surface area contributed by atoms with Gasteiger partial charge >= 0.3 is 5.76 Å². The Bertz CT molecular complexity index is 912. The van der Waals surface area contributed by atoms with Crippen molar-refractivity contribution >= 4 is 11.8 Å². The first kappa shape index (κ1) is 16.8. The molecule has 3 aromatic heterocycles. The highest BCUT2D eigenvalue weighted by Crippen LogP contribution is 2.27. The van der Waals surface area contributed by atoms with Gasteiger partial charge in [-0.3, -0.25) is 9.51 Å². The summed E-state index contributed by atoms with van der Waals surface area (Å²) < 4.78 is 39.7. The summed E-state index contributed by atoms with van der Waals surface area (Å²) >= 11 is 0. The van der Waals surface area contributed by atoms with Crippen molar-refractivity contribution in [3.63, 3.8) is 0 Å². The van der Waals surface area contributed by atoms with Crippen molar-refractivity contribution in [1.82, 2.24) is 24.9 Å². The molecule has 3 aromatic rings. The van der Waals surface area contributed by atoms with Gasteiger partial charge in [0.1, 0.15) is 17.9 Å². The molecule has 132 valence electrons. The number of H-pyrrole nitrogens is 1. The summed E-state index contributed by atoms with van der Waals surface area (Å²) in [5.74, 6) is -3.02. The lowest BCUT2D eigenvalue weighted by atomic mass is 10.1. The molecule has 0 aliphatic carbocycles. The number of halogens is 2. The molecule has 1 unspecified atom stereocenters. The summed E-state index contributed by atoms with van der Waals surface area (Å²) in [5, 5.41) is 9.80. The lowest BCUT2D eigenvalue weighted by Gasteiger charge is -2.11. The molecule has 11 heteroatoms. The van der Waals surface area contributed by atoms with Crippen LogP contribution < -0.4 is 11.1 Å². The second kappa shape index (κ2) is 6.81. The van der Waals surface area contributed by atoms with Crippen LogP contribution in [0.1, 0.15) is 20.1 Å². The smallest absolute Gasteiger partial charge is 0.357 e. The van der Waals surface area contributed by atoms with Gasteiger partial charge in [0.25, 0.3) is 0 Å². The number of aromatic nitrogens is 5. The Hall–Kier alpha value is -3.08. The third kappa shape index (κ3) is 3.55. The van der Waals surface area contributed by atoms with Gasteiger partial charge in [-0.1, -0.05) is 0 Å². The van der Waals surface area contributed by atoms with Crippen molar-refractivity contribution in [3.8, 4) is 11.1 Å². The molecular weight excluding hydrogens is 338 g/mol. The van der Waals surface area contributed by atoms with Crippen LogP contribution in [0.2, 0.25) is 0 Å². The first-order chi connectivity index (χ1) is 12.0. The van der Waals surface area contributed by atoms with Crippen LogP contribution in [0, 0.1) is 11.8 Å². The van der Waals surface area contributed by atoms with Gasteiger partial charge in [0, 0.05) is 24.4 Å². The number of anilines is 2. The van der Waals surface area contributed by atoms with Crippen LogP contribution in [0.25, 0.3) is 11.1 Å². The molecule has 3 rings (SSSR count). The Balaban J connectivity index is 1.89. The SMILES string of the molecule is CCOC(C)n1cc(-c2c(F)cc(Nc3noc(=O)[nH]3)nc2F)cn1. The number of ether oxygens (including phenoxy) is 1. The fraction of sp³-hybridized carbons (Fsp3) is 0.286. The summed E-state index contributed by atoms with van der Waals surface area (Å²) in [7, 11) is 0. The fourth-order valence-corrected chi connectivity index (χ4v) is 2.19. The average molecular weight is 352 g/mol. The molecule has 0 aliphatic heterocycles. The van der Waals surface area contributed by atoms with Crippen molar-refractivity contribution in [2.24, 2.45) is 0 Å². The molecule has 3 heterocycles. The lowest BCUT2D eigenvalue weighted by molar-refractivity contribution is 0.0160. The van der Waals surface area contributed by atoms with Crippen LogP contribution in [0.5, 0.6) is 0 Å². The Morgan fingerprint density at radius 2 is 2.28 bits per heavy atom. The monoisotopic (exact) mass is 352 g/mol. The number of hydrogen-bond donors (Lipinski definition) is 2. The van der Waals surface area contributed by atoms with Gasteiger partial charge in [-0.25, -0.2) is 18.9 Å². The highest BCUT2D eigenvalue weighted by molar-refractivity contribution is 5.64. The molecule has 0 amide bonds. The standard InChI is InChI=1S/C14H14F2N6O3/c1-3-24-7(2)22-6-8(5-17-22)11-9(15)4-10(18-12(11)16)19-13-20-14(23)25-21-13/h4-7H,3H2,1-2H3,(H2,18,19,20,21,23). The zero-order chi connectivity index (χ0) is 18.0. The zero-order valence-corrected chi connectivity index (χ0v) is 13.3. The van der Waals surface area contributed by atoms with Gasteiger partial charge in [0.15, 0.2) is 0 Å². The van der Waals surface area contributed by atoms with E-state index in [-0.39, 0.29) is 29.1 Å². The molecule has 0 aliphatic rings. The summed E-state index contributed by atoms with van der Waals surface area (Å²) in [6, 6.07) is 0.967. The minimum Gasteiger partial charge on any atom is -0.357 e. The maximum absolute atomic E-state index is 14.4. The van der Waals surface area contributed by atoms with Crippen molar-refractivity contribution < 1.29 is 18.0 Å². The molecule has 0 bridgehead atoms. The Morgan fingerprint density at radius 3 is 2.92 bits per heavy atom. The molecule has 9 nitrogen and oxygen atoms in total. The van der Waals surface area contributed by atoms with Crippen molar-refractivity contribution in [2.45, 2.75) is 20.1 Å². The maximum Gasteiger partial charge on any atom is 0.440 e. The molecule has 2 N–H and O–H groups in total. The summed E-state index contributed by atoms with van der Waals surface area (Å²) in [4.78, 5) is 16.6. The van der Waals surface area contributed by atoms with E-state index in [0.717, 1.165) is 6.07 Å². The van der Waals surface area contributed by atoms with Gasteiger partial charge in [-0.2, -0.15) is 9.49 Å². The number of rotatable bonds is 6. The molecule has 0 saturated heterocycles. The summed E-state index contributed by atoms with van der Waals surface area (Å²) in [6.07, 6.45) is 2.41. The summed E-state index contributed by atoms with van der Waals surface area (Å²) in [6.45, 7) is 4.07. The highest BCUT2D eigenvalue weighted by atomic mass is 19.1. The minimum absolute atomic E-state index is 0.123. The third-order valence-corrected chi connectivity index (χ3v) is 3.28. The molecule has 0 fully saturated rings. The number of nitrogens with zero attached hydrogens (tertiary/aromatic N) is 4. The first-order valence-corrected chi connectivity index (χ1v) is 7.33. The second-order valence-electron chi connectivity index (χ2n) is 4.99. The zero-order valence-electron chi connectivity index (χ0n) is 13.3. The number of nitrogens with one attached hydrogen (secondary N) is 2. The molecule has 0 aromatic carbocycles. The van der Waals surface area contributed by atoms with Crippen LogP contribution in [0.15, 0.2) is 27.8 Å². The molecular formula is C14H14F2N6O3. The molecule has 1 atom stereocenters. The van der Waals surface area contributed by atoms with E-state index >= 15 is 0 Å². The Kier molecular flexibility index (Phi) is 4.57. The highest BCUT2D eigenvalue weighted by Gasteiger charge is 2.18. The number of aromatic amines is 1. The number of hydrogen-bond acceptors (Lipinski definition) is 7. The molecule has 0 spiro atoms. The normalized spacial score (nSPS) is 12.3. The van der Waals surface area contributed by atoms with E-state index in [1.165, 1.54) is 17.1 Å². The van der Waals surface area contributed by atoms with Crippen molar-refractivity contribution in [1.29, 1.82) is 0 Å². The van der Waals surface area contributed by atoms with E-state index in [9.17, 15) is 13.6 Å². The minimum atomic E-state index is -1.04. The Labute approximate surface area is 139 Å². The van der Waals surface area contributed by atoms with Crippen LogP contribution >= 0.6 is 0 Å². The second-order valence-corrected chi connectivity index (χ2v) is 4.99. The van der Waals surface area contributed by atoms with Gasteiger partial charge in [-0.05, 0) is 19.0 Å². The van der Waals surface area contributed by atoms with Gasteiger partial charge in [0.05, 0.1) is 11.8 Å². The van der Waals surface area contributed by atoms with Crippen molar-refractivity contribution in [3.05, 3.63) is 40.8 Å². The van der Waals surface area contributed by atoms with E-state index in [1.54, 1.807) is 6.92 Å². The Morgan fingerprint density at radius 1 is 1.48 bits per heavy atom. The van der Waals surface area contributed by atoms with Crippen LogP contribution in [0.3, 0.4) is 0 Å². The topological polar surface area (TPSA) is 111 Å². The number of pyridine rings is 1.